The molecule has 1 amide bonds. The molecule has 22 heavy (non-hydrogen) atoms. The summed E-state index contributed by atoms with van der Waals surface area (Å²) in [6, 6.07) is 10.1. The number of likely N-dealkylation sites (N-methyl/N-ethyl adjacent to an activating group) is 1. The monoisotopic (exact) mass is 416 g/mol. The van der Waals surface area contributed by atoms with E-state index in [0.29, 0.717) is 12.5 Å². The Morgan fingerprint density at radius 3 is 2.45 bits per heavy atom. The molecule has 0 atom stereocenters. The van der Waals surface area contributed by atoms with Gasteiger partial charge in [0.1, 0.15) is 6.54 Å². The molecule has 0 bridgehead atoms. The van der Waals surface area contributed by atoms with Crippen molar-refractivity contribution in [2.24, 2.45) is 4.99 Å². The molecule has 1 N–H and O–H groups in total. The molecule has 5 nitrogen and oxygen atoms in total. The van der Waals surface area contributed by atoms with Crippen molar-refractivity contribution in [1.82, 2.24) is 15.1 Å². The van der Waals surface area contributed by atoms with Crippen molar-refractivity contribution in [3.8, 4) is 0 Å². The minimum atomic E-state index is -0.0268. The van der Waals surface area contributed by atoms with E-state index in [1.807, 2.05) is 30.1 Å². The van der Waals surface area contributed by atoms with Crippen molar-refractivity contribution in [2.75, 3.05) is 34.2 Å². The average Bonchev–Trinajstić information content (AvgIpc) is 2.47. The van der Waals surface area contributed by atoms with Gasteiger partial charge in [-0.2, -0.15) is 0 Å². The molecular formula is C16H25IN4O. The van der Waals surface area contributed by atoms with E-state index in [2.05, 4.69) is 29.0 Å². The number of nitrogens with one attached hydrogen (secondary N) is 1. The highest BCUT2D eigenvalue weighted by molar-refractivity contribution is 14.0. The van der Waals surface area contributed by atoms with E-state index in [-0.39, 0.29) is 36.4 Å². The molecule has 1 aromatic rings. The molecule has 0 aliphatic rings. The van der Waals surface area contributed by atoms with Crippen LogP contribution in [0.4, 0.5) is 0 Å². The van der Waals surface area contributed by atoms with Crippen LogP contribution in [0.25, 0.3) is 0 Å². The van der Waals surface area contributed by atoms with Gasteiger partial charge in [-0.1, -0.05) is 36.4 Å². The van der Waals surface area contributed by atoms with Crippen LogP contribution in [0.15, 0.2) is 48.0 Å². The van der Waals surface area contributed by atoms with Gasteiger partial charge in [0.25, 0.3) is 0 Å². The standard InChI is InChI=1S/C16H24N4O.HI/c1-5-11-17-16(18-12-15(21)19(2)3)20(4)13-14-9-7-6-8-10-14;/h5-10H,1,11-13H2,2-4H3,(H,17,18);1H. The molecule has 0 spiro atoms. The van der Waals surface area contributed by atoms with Gasteiger partial charge in [-0.05, 0) is 5.56 Å². The third-order valence-corrected chi connectivity index (χ3v) is 2.89. The largest absolute Gasteiger partial charge is 0.353 e. The molecule has 0 aliphatic carbocycles. The smallest absolute Gasteiger partial charge is 0.243 e. The van der Waals surface area contributed by atoms with Gasteiger partial charge in [-0.3, -0.25) is 4.79 Å². The maximum Gasteiger partial charge on any atom is 0.243 e. The summed E-state index contributed by atoms with van der Waals surface area (Å²) >= 11 is 0. The average molecular weight is 416 g/mol. The van der Waals surface area contributed by atoms with Crippen LogP contribution in [0.1, 0.15) is 5.56 Å². The Labute approximate surface area is 150 Å². The van der Waals surface area contributed by atoms with Crippen LogP contribution in [0.2, 0.25) is 0 Å². The fourth-order valence-corrected chi connectivity index (χ4v) is 1.69. The fraction of sp³-hybridized carbons (Fsp3) is 0.375. The summed E-state index contributed by atoms with van der Waals surface area (Å²) < 4.78 is 0. The summed E-state index contributed by atoms with van der Waals surface area (Å²) in [5.41, 5.74) is 1.19. The molecule has 0 saturated heterocycles. The zero-order chi connectivity index (χ0) is 15.7. The van der Waals surface area contributed by atoms with Crippen molar-refractivity contribution in [1.29, 1.82) is 0 Å². The molecule has 0 aromatic heterocycles. The Morgan fingerprint density at radius 2 is 1.91 bits per heavy atom. The number of guanidine groups is 1. The van der Waals surface area contributed by atoms with Crippen LogP contribution >= 0.6 is 24.0 Å². The highest BCUT2D eigenvalue weighted by atomic mass is 127. The van der Waals surface area contributed by atoms with Gasteiger partial charge in [-0.15, -0.1) is 30.6 Å². The SMILES string of the molecule is C=CCNC(=NCC(=O)N(C)C)N(C)Cc1ccccc1.I. The predicted octanol–water partition coefficient (Wildman–Crippen LogP) is 1.96. The van der Waals surface area contributed by atoms with Gasteiger partial charge in [0.05, 0.1) is 0 Å². The number of carbonyl (C=O) groups excluding carboxylic acids is 1. The van der Waals surface area contributed by atoms with Crippen molar-refractivity contribution < 1.29 is 4.79 Å². The normalized spacial score (nSPS) is 10.4. The van der Waals surface area contributed by atoms with E-state index in [1.165, 1.54) is 10.5 Å². The number of hydrogen-bond acceptors (Lipinski definition) is 2. The third kappa shape index (κ3) is 7.44. The number of benzene rings is 1. The van der Waals surface area contributed by atoms with Gasteiger partial charge in [0.15, 0.2) is 5.96 Å². The van der Waals surface area contributed by atoms with Gasteiger partial charge in [0, 0.05) is 34.2 Å². The molecule has 0 unspecified atom stereocenters. The maximum atomic E-state index is 11.7. The zero-order valence-electron chi connectivity index (χ0n) is 13.5. The van der Waals surface area contributed by atoms with Crippen molar-refractivity contribution in [3.05, 3.63) is 48.6 Å². The first-order valence-electron chi connectivity index (χ1n) is 6.89. The summed E-state index contributed by atoms with van der Waals surface area (Å²) in [6.45, 7) is 5.15. The molecular weight excluding hydrogens is 391 g/mol. The van der Waals surface area contributed by atoms with Crippen LogP contribution in [-0.2, 0) is 11.3 Å². The lowest BCUT2D eigenvalue weighted by molar-refractivity contribution is -0.127. The minimum absolute atomic E-state index is 0. The molecule has 0 fully saturated rings. The first-order valence-corrected chi connectivity index (χ1v) is 6.89. The van der Waals surface area contributed by atoms with Crippen molar-refractivity contribution >= 4 is 35.8 Å². The topological polar surface area (TPSA) is 47.9 Å². The van der Waals surface area contributed by atoms with Crippen LogP contribution in [0, 0.1) is 0 Å². The van der Waals surface area contributed by atoms with E-state index < -0.39 is 0 Å². The third-order valence-electron chi connectivity index (χ3n) is 2.89. The number of rotatable bonds is 6. The minimum Gasteiger partial charge on any atom is -0.353 e. The van der Waals surface area contributed by atoms with Crippen molar-refractivity contribution in [2.45, 2.75) is 6.54 Å². The quantitative estimate of drug-likeness (QED) is 0.334. The number of nitrogens with zero attached hydrogens (tertiary/aromatic N) is 3. The predicted molar refractivity (Wildman–Crippen MR) is 103 cm³/mol. The molecule has 122 valence electrons. The summed E-state index contributed by atoms with van der Waals surface area (Å²) in [7, 11) is 5.40. The zero-order valence-corrected chi connectivity index (χ0v) is 15.8. The summed E-state index contributed by atoms with van der Waals surface area (Å²) in [5, 5.41) is 3.17. The molecule has 6 heteroatoms. The number of aliphatic imine (C=N–C) groups is 1. The highest BCUT2D eigenvalue weighted by Crippen LogP contribution is 2.03. The molecule has 1 rings (SSSR count). The Hall–Kier alpha value is -1.57. The molecule has 0 heterocycles. The highest BCUT2D eigenvalue weighted by Gasteiger charge is 2.08. The van der Waals surface area contributed by atoms with Crippen LogP contribution < -0.4 is 5.32 Å². The first-order chi connectivity index (χ1) is 10.0. The number of halogens is 1. The van der Waals surface area contributed by atoms with Gasteiger partial charge < -0.3 is 15.1 Å². The molecule has 0 radical (unpaired) electrons. The van der Waals surface area contributed by atoms with Gasteiger partial charge >= 0.3 is 0 Å². The van der Waals surface area contributed by atoms with Crippen molar-refractivity contribution in [3.63, 3.8) is 0 Å². The van der Waals surface area contributed by atoms with E-state index in [1.54, 1.807) is 20.2 Å². The molecule has 1 aromatic carbocycles. The second kappa shape index (κ2) is 11.1. The second-order valence-electron chi connectivity index (χ2n) is 4.94. The second-order valence-corrected chi connectivity index (χ2v) is 4.94. The lowest BCUT2D eigenvalue weighted by Gasteiger charge is -2.22. The first kappa shape index (κ1) is 20.4. The molecule has 0 aliphatic heterocycles. The Kier molecular flexibility index (Phi) is 10.3. The maximum absolute atomic E-state index is 11.7. The van der Waals surface area contributed by atoms with Gasteiger partial charge in [-0.25, -0.2) is 4.99 Å². The van der Waals surface area contributed by atoms with E-state index in [4.69, 9.17) is 0 Å². The summed E-state index contributed by atoms with van der Waals surface area (Å²) in [4.78, 5) is 19.5. The number of amides is 1. The van der Waals surface area contributed by atoms with Gasteiger partial charge in [0.2, 0.25) is 5.91 Å². The van der Waals surface area contributed by atoms with Crippen LogP contribution in [0.3, 0.4) is 0 Å². The lowest BCUT2D eigenvalue weighted by atomic mass is 10.2. The Bertz CT molecular complexity index is 488. The Balaban J connectivity index is 0.00000441. The Morgan fingerprint density at radius 1 is 1.27 bits per heavy atom. The van der Waals surface area contributed by atoms with Crippen LogP contribution in [0.5, 0.6) is 0 Å². The van der Waals surface area contributed by atoms with E-state index in [9.17, 15) is 4.79 Å². The number of carbonyl (C=O) groups is 1. The summed E-state index contributed by atoms with van der Waals surface area (Å²) in [6.07, 6.45) is 1.76. The lowest BCUT2D eigenvalue weighted by Crippen LogP contribution is -2.39. The molecule has 0 saturated carbocycles. The number of hydrogen-bond donors (Lipinski definition) is 1. The van der Waals surface area contributed by atoms with Crippen LogP contribution in [-0.4, -0.2) is 55.9 Å². The van der Waals surface area contributed by atoms with E-state index in [0.717, 1.165) is 6.54 Å². The summed E-state index contributed by atoms with van der Waals surface area (Å²) in [5.74, 6) is 0.662. The fourth-order valence-electron chi connectivity index (χ4n) is 1.69. The van der Waals surface area contributed by atoms with E-state index >= 15 is 0 Å².